The lowest BCUT2D eigenvalue weighted by Gasteiger charge is -1.98. The van der Waals surface area contributed by atoms with E-state index in [0.29, 0.717) is 5.02 Å². The Hall–Kier alpha value is -1.11. The highest BCUT2D eigenvalue weighted by atomic mass is 35.5. The Morgan fingerprint density at radius 3 is 2.85 bits per heavy atom. The van der Waals surface area contributed by atoms with Gasteiger partial charge in [-0.1, -0.05) is 23.2 Å². The van der Waals surface area contributed by atoms with Crippen LogP contribution in [0.4, 0.5) is 0 Å². The third kappa shape index (κ3) is 2.41. The van der Waals surface area contributed by atoms with Crippen molar-refractivity contribution in [2.75, 3.05) is 0 Å². The molecule has 0 N–H and O–H groups in total. The summed E-state index contributed by atoms with van der Waals surface area (Å²) in [5, 5.41) is 8.81. The summed E-state index contributed by atoms with van der Waals surface area (Å²) >= 11 is 11.3. The van der Waals surface area contributed by atoms with Gasteiger partial charge < -0.3 is 0 Å². The average Bonchev–Trinajstić information content (AvgIpc) is 2.04. The van der Waals surface area contributed by atoms with Gasteiger partial charge in [0.2, 0.25) is 0 Å². The molecule has 0 atom stereocenters. The molecule has 0 saturated carbocycles. The first-order valence-corrected chi connectivity index (χ1v) is 4.12. The molecule has 0 unspecified atom stereocenters. The minimum atomic E-state index is -0.399. The van der Waals surface area contributed by atoms with Gasteiger partial charge in [0.25, 0.3) is 0 Å². The van der Waals surface area contributed by atoms with Crippen molar-refractivity contribution in [3.8, 4) is 6.07 Å². The van der Waals surface area contributed by atoms with Gasteiger partial charge in [-0.25, -0.2) is 4.98 Å². The number of Topliss-reactive ketones (excluding diaryl/α,β-unsaturated/α-hetero) is 1. The second-order valence-electron chi connectivity index (χ2n) is 2.24. The maximum absolute atomic E-state index is 11.2. The number of halogens is 2. The van der Waals surface area contributed by atoms with Gasteiger partial charge in [0, 0.05) is 6.20 Å². The number of hydrogen-bond donors (Lipinski definition) is 0. The molecule has 1 rings (SSSR count). The summed E-state index contributed by atoms with van der Waals surface area (Å²) in [7, 11) is 0. The Labute approximate surface area is 84.9 Å². The summed E-state index contributed by atoms with van der Waals surface area (Å²) in [6, 6.07) is 3.14. The molecular weight excluding hydrogens is 211 g/mol. The number of carbonyl (C=O) groups excluding carboxylic acids is 1. The number of carbonyl (C=O) groups is 1. The number of ketones is 1. The third-order valence-corrected chi connectivity index (χ3v) is 1.81. The molecule has 0 aliphatic rings. The quantitative estimate of drug-likeness (QED) is 0.712. The van der Waals surface area contributed by atoms with Crippen LogP contribution >= 0.6 is 23.2 Å². The molecule has 3 nitrogen and oxygen atoms in total. The Morgan fingerprint density at radius 2 is 2.31 bits per heavy atom. The van der Waals surface area contributed by atoms with Crippen LogP contribution in [0.5, 0.6) is 0 Å². The Morgan fingerprint density at radius 1 is 1.62 bits per heavy atom. The molecule has 1 aromatic rings. The fourth-order valence-electron chi connectivity index (χ4n) is 0.775. The summed E-state index contributed by atoms with van der Waals surface area (Å²) in [6.45, 7) is 0. The first-order chi connectivity index (χ1) is 6.15. The van der Waals surface area contributed by atoms with E-state index < -0.39 is 5.78 Å². The largest absolute Gasteiger partial charge is 0.291 e. The van der Waals surface area contributed by atoms with Crippen molar-refractivity contribution in [1.82, 2.24) is 4.98 Å². The van der Waals surface area contributed by atoms with Gasteiger partial charge in [0.15, 0.2) is 5.78 Å². The van der Waals surface area contributed by atoms with Crippen LogP contribution in [-0.4, -0.2) is 10.8 Å². The van der Waals surface area contributed by atoms with E-state index in [1.54, 1.807) is 6.07 Å². The van der Waals surface area contributed by atoms with Crippen molar-refractivity contribution in [3.05, 3.63) is 28.0 Å². The minimum Gasteiger partial charge on any atom is -0.291 e. The zero-order valence-corrected chi connectivity index (χ0v) is 7.93. The molecule has 0 aliphatic carbocycles. The van der Waals surface area contributed by atoms with Gasteiger partial charge >= 0.3 is 0 Å². The van der Waals surface area contributed by atoms with Crippen LogP contribution in [0.15, 0.2) is 12.3 Å². The number of rotatable bonds is 2. The van der Waals surface area contributed by atoms with Crippen molar-refractivity contribution in [3.63, 3.8) is 0 Å². The zero-order chi connectivity index (χ0) is 9.84. The van der Waals surface area contributed by atoms with Crippen molar-refractivity contribution < 1.29 is 4.79 Å². The smallest absolute Gasteiger partial charge is 0.196 e. The van der Waals surface area contributed by atoms with E-state index >= 15 is 0 Å². The van der Waals surface area contributed by atoms with Crippen molar-refractivity contribution in [2.24, 2.45) is 0 Å². The topological polar surface area (TPSA) is 53.8 Å². The monoisotopic (exact) mass is 214 g/mol. The first-order valence-electron chi connectivity index (χ1n) is 3.36. The first kappa shape index (κ1) is 9.97. The van der Waals surface area contributed by atoms with Crippen LogP contribution in [0.25, 0.3) is 0 Å². The molecule has 66 valence electrons. The zero-order valence-electron chi connectivity index (χ0n) is 6.42. The van der Waals surface area contributed by atoms with Crippen LogP contribution in [0.2, 0.25) is 10.0 Å². The van der Waals surface area contributed by atoms with Crippen molar-refractivity contribution >= 4 is 29.0 Å². The molecule has 0 saturated heterocycles. The molecule has 0 radical (unpaired) electrons. The molecule has 1 aromatic heterocycles. The predicted molar refractivity (Wildman–Crippen MR) is 48.8 cm³/mol. The number of nitriles is 1. The summed E-state index contributed by atoms with van der Waals surface area (Å²) < 4.78 is 0. The van der Waals surface area contributed by atoms with Crippen LogP contribution < -0.4 is 0 Å². The van der Waals surface area contributed by atoms with E-state index in [0.717, 1.165) is 0 Å². The van der Waals surface area contributed by atoms with E-state index in [-0.39, 0.29) is 17.1 Å². The van der Waals surface area contributed by atoms with Gasteiger partial charge in [0.05, 0.1) is 16.1 Å². The van der Waals surface area contributed by atoms with E-state index in [1.807, 2.05) is 0 Å². The fourth-order valence-corrected chi connectivity index (χ4v) is 1.26. The predicted octanol–water partition coefficient (Wildman–Crippen LogP) is 2.48. The summed E-state index contributed by atoms with van der Waals surface area (Å²) in [6.07, 6.45) is 1.09. The highest BCUT2D eigenvalue weighted by Gasteiger charge is 2.11. The molecule has 0 spiro atoms. The maximum atomic E-state index is 11.2. The van der Waals surface area contributed by atoms with Crippen LogP contribution in [-0.2, 0) is 0 Å². The molecule has 0 amide bonds. The SMILES string of the molecule is N#CCC(=O)c1ncc(Cl)cc1Cl. The molecule has 1 heterocycles. The molecule has 13 heavy (non-hydrogen) atoms. The average molecular weight is 215 g/mol. The van der Waals surface area contributed by atoms with Crippen LogP contribution in [0.1, 0.15) is 16.9 Å². The van der Waals surface area contributed by atoms with Crippen LogP contribution in [0.3, 0.4) is 0 Å². The Kier molecular flexibility index (Phi) is 3.24. The van der Waals surface area contributed by atoms with Gasteiger partial charge in [-0.15, -0.1) is 0 Å². The molecular formula is C8H4Cl2N2O. The molecule has 0 bridgehead atoms. The van der Waals surface area contributed by atoms with Gasteiger partial charge in [0.1, 0.15) is 12.1 Å². The number of pyridine rings is 1. The van der Waals surface area contributed by atoms with Gasteiger partial charge in [-0.3, -0.25) is 4.79 Å². The summed E-state index contributed by atoms with van der Waals surface area (Å²) in [5.41, 5.74) is 0.0904. The van der Waals surface area contributed by atoms with Gasteiger partial charge in [-0.05, 0) is 6.07 Å². The molecule has 0 aromatic carbocycles. The lowest BCUT2D eigenvalue weighted by Crippen LogP contribution is -2.01. The van der Waals surface area contributed by atoms with E-state index in [4.69, 9.17) is 28.5 Å². The van der Waals surface area contributed by atoms with Gasteiger partial charge in [-0.2, -0.15) is 5.26 Å². The number of nitrogens with zero attached hydrogens (tertiary/aromatic N) is 2. The number of hydrogen-bond acceptors (Lipinski definition) is 3. The normalized spacial score (nSPS) is 9.31. The van der Waals surface area contributed by atoms with E-state index in [2.05, 4.69) is 4.98 Å². The maximum Gasteiger partial charge on any atom is 0.196 e. The third-order valence-electron chi connectivity index (χ3n) is 1.31. The molecule has 5 heteroatoms. The lowest BCUT2D eigenvalue weighted by atomic mass is 10.2. The molecule has 0 aliphatic heterocycles. The fraction of sp³-hybridized carbons (Fsp3) is 0.125. The lowest BCUT2D eigenvalue weighted by molar-refractivity contribution is 0.0993. The highest BCUT2D eigenvalue weighted by molar-refractivity contribution is 6.36. The second-order valence-corrected chi connectivity index (χ2v) is 3.09. The van der Waals surface area contributed by atoms with Crippen LogP contribution in [0, 0.1) is 11.3 Å². The number of aromatic nitrogens is 1. The highest BCUT2D eigenvalue weighted by Crippen LogP contribution is 2.19. The summed E-state index contributed by atoms with van der Waals surface area (Å²) in [5.74, 6) is -0.399. The van der Waals surface area contributed by atoms with E-state index in [9.17, 15) is 4.79 Å². The van der Waals surface area contributed by atoms with Crippen molar-refractivity contribution in [1.29, 1.82) is 5.26 Å². The van der Waals surface area contributed by atoms with E-state index in [1.165, 1.54) is 12.3 Å². The Balaban J connectivity index is 3.03. The Bertz CT molecular complexity index is 384. The van der Waals surface area contributed by atoms with Crippen molar-refractivity contribution in [2.45, 2.75) is 6.42 Å². The molecule has 0 fully saturated rings. The summed E-state index contributed by atoms with van der Waals surface area (Å²) in [4.78, 5) is 14.9. The standard InChI is InChI=1S/C8H4Cl2N2O/c9-5-3-6(10)8(12-4-5)7(13)1-2-11/h3-4H,1H2. The minimum absolute atomic E-state index is 0.0904. The second kappa shape index (κ2) is 4.22.